The molecule has 0 rings (SSSR count). The summed E-state index contributed by atoms with van der Waals surface area (Å²) >= 11 is 0. The second-order valence-electron chi connectivity index (χ2n) is 20.9. The fraction of sp³-hybridized carbons (Fsp3) is 0.630. The van der Waals surface area contributed by atoms with Crippen molar-refractivity contribution in [3.8, 4) is 0 Å². The lowest BCUT2D eigenvalue weighted by Gasteiger charge is -2.18. The van der Waals surface area contributed by atoms with Crippen LogP contribution in [0.4, 0.5) is 0 Å². The average Bonchev–Trinajstić information content (AvgIpc) is 3.45. The Balaban J connectivity index is 4.05. The Morgan fingerprint density at radius 3 is 0.772 bits per heavy atom. The summed E-state index contributed by atoms with van der Waals surface area (Å²) in [5.41, 5.74) is 0. The minimum absolute atomic E-state index is 0.0895. The van der Waals surface area contributed by atoms with Crippen molar-refractivity contribution in [1.82, 2.24) is 0 Å². The molecule has 0 fully saturated rings. The fourth-order valence-corrected chi connectivity index (χ4v) is 8.57. The van der Waals surface area contributed by atoms with Gasteiger partial charge in [0, 0.05) is 19.3 Å². The van der Waals surface area contributed by atoms with E-state index in [-0.39, 0.29) is 31.1 Å². The number of allylic oxidation sites excluding steroid dienone is 24. The fourth-order valence-electron chi connectivity index (χ4n) is 8.57. The van der Waals surface area contributed by atoms with Gasteiger partial charge in [0.2, 0.25) is 0 Å². The highest BCUT2D eigenvalue weighted by molar-refractivity contribution is 5.71. The van der Waals surface area contributed by atoms with Crippen molar-refractivity contribution < 1.29 is 28.6 Å². The maximum Gasteiger partial charge on any atom is 0.306 e. The van der Waals surface area contributed by atoms with Crippen LogP contribution in [0, 0.1) is 0 Å². The molecule has 0 aliphatic carbocycles. The summed E-state index contributed by atoms with van der Waals surface area (Å²) in [6, 6.07) is 0. The first-order valence-corrected chi connectivity index (χ1v) is 32.3. The van der Waals surface area contributed by atoms with Crippen LogP contribution < -0.4 is 0 Å². The van der Waals surface area contributed by atoms with Gasteiger partial charge in [-0.1, -0.05) is 282 Å². The summed E-state index contributed by atoms with van der Waals surface area (Å²) in [7, 11) is 0. The van der Waals surface area contributed by atoms with Gasteiger partial charge >= 0.3 is 17.9 Å². The van der Waals surface area contributed by atoms with Crippen LogP contribution in [0.1, 0.15) is 278 Å². The Kier molecular flexibility index (Phi) is 61.9. The third kappa shape index (κ3) is 64.0. The zero-order chi connectivity index (χ0) is 57.1. The molecule has 0 N–H and O–H groups in total. The van der Waals surface area contributed by atoms with E-state index in [9.17, 15) is 14.4 Å². The maximum absolute atomic E-state index is 12.8. The van der Waals surface area contributed by atoms with Gasteiger partial charge in [-0.25, -0.2) is 0 Å². The lowest BCUT2D eigenvalue weighted by Crippen LogP contribution is -2.30. The van der Waals surface area contributed by atoms with Gasteiger partial charge in [0.25, 0.3) is 0 Å². The van der Waals surface area contributed by atoms with Gasteiger partial charge in [0.15, 0.2) is 6.10 Å². The molecule has 0 heterocycles. The molecule has 0 aromatic rings. The molecule has 6 heteroatoms. The van der Waals surface area contributed by atoms with Gasteiger partial charge in [-0.3, -0.25) is 14.4 Å². The first-order valence-electron chi connectivity index (χ1n) is 32.3. The van der Waals surface area contributed by atoms with Gasteiger partial charge in [0.05, 0.1) is 0 Å². The quantitative estimate of drug-likeness (QED) is 0.0261. The van der Waals surface area contributed by atoms with Crippen LogP contribution in [0.2, 0.25) is 0 Å². The van der Waals surface area contributed by atoms with E-state index in [1.54, 1.807) is 0 Å². The smallest absolute Gasteiger partial charge is 0.306 e. The number of unbranched alkanes of at least 4 members (excludes halogenated alkanes) is 22. The zero-order valence-corrected chi connectivity index (χ0v) is 51.1. The highest BCUT2D eigenvalue weighted by Gasteiger charge is 2.19. The second kappa shape index (κ2) is 65.8. The highest BCUT2D eigenvalue weighted by atomic mass is 16.6. The molecule has 79 heavy (non-hydrogen) atoms. The van der Waals surface area contributed by atoms with Crippen LogP contribution in [-0.2, 0) is 28.6 Å². The Labute approximate surface area is 487 Å². The number of carbonyl (C=O) groups excluding carboxylic acids is 3. The molecular weight excluding hydrogens is 973 g/mol. The Bertz CT molecular complexity index is 1730. The normalized spacial score (nSPS) is 13.1. The van der Waals surface area contributed by atoms with E-state index in [0.29, 0.717) is 19.3 Å². The summed E-state index contributed by atoms with van der Waals surface area (Å²) in [6.07, 6.45) is 94.8. The molecular formula is C73H118O6. The van der Waals surface area contributed by atoms with Crippen LogP contribution in [-0.4, -0.2) is 37.2 Å². The monoisotopic (exact) mass is 1090 g/mol. The third-order valence-electron chi connectivity index (χ3n) is 13.3. The van der Waals surface area contributed by atoms with Crippen molar-refractivity contribution in [2.75, 3.05) is 13.2 Å². The summed E-state index contributed by atoms with van der Waals surface area (Å²) in [6.45, 7) is 6.31. The molecule has 1 unspecified atom stereocenters. The predicted octanol–water partition coefficient (Wildman–Crippen LogP) is 22.3. The van der Waals surface area contributed by atoms with Crippen LogP contribution >= 0.6 is 0 Å². The van der Waals surface area contributed by atoms with E-state index >= 15 is 0 Å². The minimum Gasteiger partial charge on any atom is -0.462 e. The number of hydrogen-bond acceptors (Lipinski definition) is 6. The molecule has 0 saturated heterocycles. The van der Waals surface area contributed by atoms with E-state index in [0.717, 1.165) is 167 Å². The van der Waals surface area contributed by atoms with Crippen LogP contribution in [0.3, 0.4) is 0 Å². The first-order chi connectivity index (χ1) is 39.0. The van der Waals surface area contributed by atoms with E-state index in [1.165, 1.54) is 70.6 Å². The Hall–Kier alpha value is -4.71. The summed E-state index contributed by atoms with van der Waals surface area (Å²) in [4.78, 5) is 37.9. The van der Waals surface area contributed by atoms with E-state index in [4.69, 9.17) is 14.2 Å². The first kappa shape index (κ1) is 74.3. The molecule has 0 spiro atoms. The molecule has 0 aliphatic rings. The second-order valence-corrected chi connectivity index (χ2v) is 20.9. The highest BCUT2D eigenvalue weighted by Crippen LogP contribution is 2.15. The van der Waals surface area contributed by atoms with E-state index < -0.39 is 6.10 Å². The number of hydrogen-bond donors (Lipinski definition) is 0. The molecule has 446 valence electrons. The Morgan fingerprint density at radius 2 is 0.494 bits per heavy atom. The summed E-state index contributed by atoms with van der Waals surface area (Å²) < 4.78 is 16.7. The number of rotatable bonds is 57. The average molecular weight is 1090 g/mol. The van der Waals surface area contributed by atoms with E-state index in [2.05, 4.69) is 167 Å². The molecule has 0 aliphatic heterocycles. The van der Waals surface area contributed by atoms with Gasteiger partial charge in [0.1, 0.15) is 13.2 Å². The maximum atomic E-state index is 12.8. The van der Waals surface area contributed by atoms with Crippen LogP contribution in [0.25, 0.3) is 0 Å². The molecule has 6 nitrogen and oxygen atoms in total. The SMILES string of the molecule is CC/C=C\C/C=C\C/C=C\C/C=C\C/C=C\C/C=C\C/C=C\CCCCCCCCCCCCCCCC(=O)OCC(COC(=O)CCCCCCC)OC(=O)CCCCCCC/C=C\C/C=C\C/C=C\C/C=C\C/C=C\CC. The number of esters is 3. The van der Waals surface area contributed by atoms with Crippen molar-refractivity contribution in [3.05, 3.63) is 146 Å². The number of ether oxygens (including phenoxy) is 3. The standard InChI is InChI=1S/C73H118O6/c1-4-7-10-13-15-17-19-21-23-25-27-29-30-31-32-33-34-35-36-37-38-39-40-41-42-44-45-47-49-51-53-55-57-60-63-66-72(75)78-69-70(68-77-71(74)65-62-59-12-9-6-3)79-73(76)67-64-61-58-56-54-52-50-48-46-43-28-26-24-22-20-18-16-14-11-8-5-2/h7-8,10-11,15-18,21-24,27-29,31-32,34-35,37-38,43,48,50,70H,4-6,9,12-14,19-20,25-26,30,33,36,39-42,44-47,49,51-69H2,1-3H3/b10-7-,11-8-,17-15-,18-16-,23-21-,24-22-,29-27-,32-31-,35-34-,38-37-,43-28-,50-48-. The molecule has 0 amide bonds. The van der Waals surface area contributed by atoms with Gasteiger partial charge in [-0.2, -0.15) is 0 Å². The lowest BCUT2D eigenvalue weighted by atomic mass is 10.0. The predicted molar refractivity (Wildman–Crippen MR) is 343 cm³/mol. The van der Waals surface area contributed by atoms with Crippen LogP contribution in [0.5, 0.6) is 0 Å². The molecule has 0 radical (unpaired) electrons. The summed E-state index contributed by atoms with van der Waals surface area (Å²) in [5.74, 6) is -0.924. The zero-order valence-electron chi connectivity index (χ0n) is 51.1. The van der Waals surface area contributed by atoms with Crippen molar-refractivity contribution >= 4 is 17.9 Å². The van der Waals surface area contributed by atoms with Crippen LogP contribution in [0.15, 0.2) is 146 Å². The third-order valence-corrected chi connectivity index (χ3v) is 13.3. The van der Waals surface area contributed by atoms with Crippen molar-refractivity contribution in [2.24, 2.45) is 0 Å². The van der Waals surface area contributed by atoms with Gasteiger partial charge in [-0.05, 0) is 122 Å². The topological polar surface area (TPSA) is 78.9 Å². The largest absolute Gasteiger partial charge is 0.462 e. The van der Waals surface area contributed by atoms with Crippen molar-refractivity contribution in [2.45, 2.75) is 284 Å². The summed E-state index contributed by atoms with van der Waals surface area (Å²) in [5, 5.41) is 0. The molecule has 0 aromatic carbocycles. The molecule has 1 atom stereocenters. The van der Waals surface area contributed by atoms with E-state index in [1.807, 2.05) is 0 Å². The molecule has 0 bridgehead atoms. The van der Waals surface area contributed by atoms with Crippen molar-refractivity contribution in [1.29, 1.82) is 0 Å². The van der Waals surface area contributed by atoms with Crippen molar-refractivity contribution in [3.63, 3.8) is 0 Å². The molecule has 0 saturated carbocycles. The lowest BCUT2D eigenvalue weighted by molar-refractivity contribution is -0.167. The Morgan fingerprint density at radius 1 is 0.266 bits per heavy atom. The molecule has 0 aromatic heterocycles. The number of carbonyl (C=O) groups is 3. The minimum atomic E-state index is -0.790. The van der Waals surface area contributed by atoms with Gasteiger partial charge in [-0.15, -0.1) is 0 Å². The van der Waals surface area contributed by atoms with Gasteiger partial charge < -0.3 is 14.2 Å².